The summed E-state index contributed by atoms with van der Waals surface area (Å²) in [6.45, 7) is 4.65. The lowest BCUT2D eigenvalue weighted by atomic mass is 10.0. The van der Waals surface area contributed by atoms with E-state index in [1.54, 1.807) is 0 Å². The highest BCUT2D eigenvalue weighted by Gasteiger charge is 2.11. The molecular weight excluding hydrogens is 198 g/mol. The number of rotatable bonds is 3. The molecule has 3 N–H and O–H groups in total. The number of hydrogen-bond donors (Lipinski definition) is 2. The maximum atomic E-state index is 5.75. The van der Waals surface area contributed by atoms with E-state index in [4.69, 9.17) is 5.73 Å². The molecule has 0 aliphatic carbocycles. The summed E-state index contributed by atoms with van der Waals surface area (Å²) in [4.78, 5) is 7.84. The first-order valence-electron chi connectivity index (χ1n) is 5.60. The van der Waals surface area contributed by atoms with E-state index in [1.165, 1.54) is 5.69 Å². The first kappa shape index (κ1) is 10.9. The van der Waals surface area contributed by atoms with Gasteiger partial charge in [0.15, 0.2) is 0 Å². The summed E-state index contributed by atoms with van der Waals surface area (Å²) >= 11 is 0. The molecule has 0 aliphatic heterocycles. The van der Waals surface area contributed by atoms with Gasteiger partial charge in [-0.3, -0.25) is 0 Å². The molecule has 16 heavy (non-hydrogen) atoms. The Morgan fingerprint density at radius 1 is 1.31 bits per heavy atom. The average Bonchev–Trinajstić information content (AvgIpc) is 2.70. The molecule has 0 saturated heterocycles. The van der Waals surface area contributed by atoms with E-state index in [-0.39, 0.29) is 0 Å². The fourth-order valence-corrected chi connectivity index (χ4v) is 1.95. The van der Waals surface area contributed by atoms with Crippen LogP contribution in [0.4, 0.5) is 0 Å². The van der Waals surface area contributed by atoms with Crippen LogP contribution in [0.5, 0.6) is 0 Å². The molecule has 2 rings (SSSR count). The van der Waals surface area contributed by atoms with Gasteiger partial charge < -0.3 is 10.7 Å². The minimum Gasteiger partial charge on any atom is -0.346 e. The summed E-state index contributed by atoms with van der Waals surface area (Å²) in [6.07, 6.45) is 0.953. The highest BCUT2D eigenvalue weighted by atomic mass is 14.9. The van der Waals surface area contributed by atoms with E-state index in [9.17, 15) is 0 Å². The van der Waals surface area contributed by atoms with Crippen LogP contribution in [-0.4, -0.2) is 9.97 Å². The van der Waals surface area contributed by atoms with Gasteiger partial charge in [0.25, 0.3) is 0 Å². The number of aryl methyl sites for hydroxylation is 2. The molecule has 1 aromatic carbocycles. The van der Waals surface area contributed by atoms with Crippen LogP contribution in [0.3, 0.4) is 0 Å². The third-order valence-corrected chi connectivity index (χ3v) is 2.74. The van der Waals surface area contributed by atoms with Gasteiger partial charge in [0.2, 0.25) is 0 Å². The van der Waals surface area contributed by atoms with Crippen molar-refractivity contribution < 1.29 is 0 Å². The summed E-state index contributed by atoms with van der Waals surface area (Å²) in [5.41, 5.74) is 10.3. The van der Waals surface area contributed by atoms with Gasteiger partial charge in [-0.1, -0.05) is 31.2 Å². The van der Waals surface area contributed by atoms with Crippen molar-refractivity contribution in [1.29, 1.82) is 0 Å². The molecule has 0 atom stereocenters. The van der Waals surface area contributed by atoms with Crippen molar-refractivity contribution in [2.75, 3.05) is 0 Å². The zero-order valence-corrected chi connectivity index (χ0v) is 9.75. The Bertz CT molecular complexity index is 486. The predicted octanol–water partition coefficient (Wildman–Crippen LogP) is 2.41. The summed E-state index contributed by atoms with van der Waals surface area (Å²) < 4.78 is 0. The van der Waals surface area contributed by atoms with Crippen LogP contribution in [0.1, 0.15) is 24.0 Å². The maximum Gasteiger partial charge on any atom is 0.103 e. The highest BCUT2D eigenvalue weighted by Crippen LogP contribution is 2.25. The lowest BCUT2D eigenvalue weighted by molar-refractivity contribution is 1.04. The Morgan fingerprint density at radius 3 is 2.75 bits per heavy atom. The lowest BCUT2D eigenvalue weighted by Gasteiger charge is -2.06. The zero-order valence-electron chi connectivity index (χ0n) is 9.75. The standard InChI is InChI=1S/C13H17N3/c1-3-12-13(16-9(2)15-12)11-7-5-4-6-10(11)8-14/h4-7H,3,8,14H2,1-2H3,(H,15,16). The molecular formula is C13H17N3. The Kier molecular flexibility index (Phi) is 3.06. The first-order chi connectivity index (χ1) is 7.76. The van der Waals surface area contributed by atoms with E-state index < -0.39 is 0 Å². The molecule has 2 aromatic rings. The van der Waals surface area contributed by atoms with Crippen molar-refractivity contribution in [1.82, 2.24) is 9.97 Å². The van der Waals surface area contributed by atoms with Crippen molar-refractivity contribution in [3.8, 4) is 11.3 Å². The third-order valence-electron chi connectivity index (χ3n) is 2.74. The SMILES string of the molecule is CCc1[nH]c(C)nc1-c1ccccc1CN. The summed E-state index contributed by atoms with van der Waals surface area (Å²) in [5.74, 6) is 0.957. The monoisotopic (exact) mass is 215 g/mol. The number of H-pyrrole nitrogens is 1. The van der Waals surface area contributed by atoms with Gasteiger partial charge in [-0.2, -0.15) is 0 Å². The number of nitrogens with two attached hydrogens (primary N) is 1. The molecule has 1 aromatic heterocycles. The molecule has 0 bridgehead atoms. The van der Waals surface area contributed by atoms with E-state index in [1.807, 2.05) is 19.1 Å². The van der Waals surface area contributed by atoms with Crippen molar-refractivity contribution in [3.63, 3.8) is 0 Å². The smallest absolute Gasteiger partial charge is 0.103 e. The molecule has 0 radical (unpaired) electrons. The number of hydrogen-bond acceptors (Lipinski definition) is 2. The fourth-order valence-electron chi connectivity index (χ4n) is 1.95. The van der Waals surface area contributed by atoms with E-state index >= 15 is 0 Å². The zero-order chi connectivity index (χ0) is 11.5. The van der Waals surface area contributed by atoms with Gasteiger partial charge in [0, 0.05) is 17.8 Å². The molecule has 84 valence electrons. The van der Waals surface area contributed by atoms with Crippen LogP contribution in [0, 0.1) is 6.92 Å². The largest absolute Gasteiger partial charge is 0.346 e. The number of nitrogens with one attached hydrogen (secondary N) is 1. The number of aromatic nitrogens is 2. The quantitative estimate of drug-likeness (QED) is 0.826. The number of benzene rings is 1. The molecule has 1 heterocycles. The van der Waals surface area contributed by atoms with Crippen LogP contribution in [-0.2, 0) is 13.0 Å². The van der Waals surface area contributed by atoms with Crippen molar-refractivity contribution in [2.45, 2.75) is 26.8 Å². The van der Waals surface area contributed by atoms with Gasteiger partial charge in [0.05, 0.1) is 5.69 Å². The Balaban J connectivity index is 2.57. The summed E-state index contributed by atoms with van der Waals surface area (Å²) in [6, 6.07) is 8.17. The molecule has 0 saturated carbocycles. The number of nitrogens with zero attached hydrogens (tertiary/aromatic N) is 1. The van der Waals surface area contributed by atoms with Gasteiger partial charge >= 0.3 is 0 Å². The molecule has 3 nitrogen and oxygen atoms in total. The number of aromatic amines is 1. The minimum atomic E-state index is 0.547. The molecule has 0 fully saturated rings. The first-order valence-corrected chi connectivity index (χ1v) is 5.60. The second-order valence-corrected chi connectivity index (χ2v) is 3.86. The summed E-state index contributed by atoms with van der Waals surface area (Å²) in [5, 5.41) is 0. The maximum absolute atomic E-state index is 5.75. The van der Waals surface area contributed by atoms with Crippen LogP contribution in [0.25, 0.3) is 11.3 Å². The van der Waals surface area contributed by atoms with Crippen LogP contribution >= 0.6 is 0 Å². The van der Waals surface area contributed by atoms with Crippen LogP contribution < -0.4 is 5.73 Å². The molecule has 3 heteroatoms. The molecule has 0 spiro atoms. The molecule has 0 amide bonds. The van der Waals surface area contributed by atoms with E-state index in [0.29, 0.717) is 6.54 Å². The van der Waals surface area contributed by atoms with E-state index in [0.717, 1.165) is 29.1 Å². The van der Waals surface area contributed by atoms with Crippen molar-refractivity contribution in [2.24, 2.45) is 5.73 Å². The van der Waals surface area contributed by atoms with Crippen molar-refractivity contribution >= 4 is 0 Å². The molecule has 0 aliphatic rings. The van der Waals surface area contributed by atoms with Crippen LogP contribution in [0.2, 0.25) is 0 Å². The van der Waals surface area contributed by atoms with Gasteiger partial charge in [-0.05, 0) is 18.9 Å². The van der Waals surface area contributed by atoms with Crippen LogP contribution in [0.15, 0.2) is 24.3 Å². The molecule has 0 unspecified atom stereocenters. The second-order valence-electron chi connectivity index (χ2n) is 3.86. The van der Waals surface area contributed by atoms with E-state index in [2.05, 4.69) is 29.0 Å². The Hall–Kier alpha value is -1.61. The second kappa shape index (κ2) is 4.49. The van der Waals surface area contributed by atoms with Gasteiger partial charge in [0.1, 0.15) is 5.82 Å². The van der Waals surface area contributed by atoms with Gasteiger partial charge in [-0.25, -0.2) is 4.98 Å². The highest BCUT2D eigenvalue weighted by molar-refractivity contribution is 5.66. The van der Waals surface area contributed by atoms with Gasteiger partial charge in [-0.15, -0.1) is 0 Å². The Labute approximate surface area is 95.7 Å². The minimum absolute atomic E-state index is 0.547. The lowest BCUT2D eigenvalue weighted by Crippen LogP contribution is -1.99. The average molecular weight is 215 g/mol. The summed E-state index contributed by atoms with van der Waals surface area (Å²) in [7, 11) is 0. The number of imidazole rings is 1. The topological polar surface area (TPSA) is 54.7 Å². The third kappa shape index (κ3) is 1.86. The fraction of sp³-hybridized carbons (Fsp3) is 0.308. The predicted molar refractivity (Wildman–Crippen MR) is 66.0 cm³/mol. The Morgan fingerprint density at radius 2 is 2.06 bits per heavy atom. The normalized spacial score (nSPS) is 10.7. The van der Waals surface area contributed by atoms with Crippen molar-refractivity contribution in [3.05, 3.63) is 41.3 Å².